The lowest BCUT2D eigenvalue weighted by Crippen LogP contribution is -2.43. The van der Waals surface area contributed by atoms with Crippen LogP contribution in [0.5, 0.6) is 0 Å². The molecule has 2 rings (SSSR count). The number of hydrogen-bond acceptors (Lipinski definition) is 2. The Morgan fingerprint density at radius 1 is 1.00 bits per heavy atom. The molecule has 1 atom stereocenters. The number of aliphatic hydroxyl groups excluding tert-OH is 1. The summed E-state index contributed by atoms with van der Waals surface area (Å²) in [7, 11) is 0. The van der Waals surface area contributed by atoms with Gasteiger partial charge in [-0.3, -0.25) is 4.90 Å². The van der Waals surface area contributed by atoms with E-state index in [2.05, 4.69) is 11.8 Å². The third-order valence-corrected chi connectivity index (χ3v) is 4.86. The van der Waals surface area contributed by atoms with E-state index in [4.69, 9.17) is 0 Å². The van der Waals surface area contributed by atoms with Crippen molar-refractivity contribution >= 4 is 0 Å². The van der Waals surface area contributed by atoms with Gasteiger partial charge in [0.05, 0.1) is 6.10 Å². The summed E-state index contributed by atoms with van der Waals surface area (Å²) in [4.78, 5) is 2.54. The standard InChI is InChI=1S/C15H29NO/c1-2-16(14-10-4-3-5-11-14)12-15(17)13-8-6-7-9-13/h13-15,17H,2-12H2,1H3. The highest BCUT2D eigenvalue weighted by Crippen LogP contribution is 2.29. The lowest BCUT2D eigenvalue weighted by Gasteiger charge is -2.35. The van der Waals surface area contributed by atoms with Crippen LogP contribution in [0.25, 0.3) is 0 Å². The molecule has 0 aromatic heterocycles. The van der Waals surface area contributed by atoms with Crippen LogP contribution < -0.4 is 0 Å². The van der Waals surface area contributed by atoms with Crippen molar-refractivity contribution < 1.29 is 5.11 Å². The quantitative estimate of drug-likeness (QED) is 0.796. The van der Waals surface area contributed by atoms with Crippen LogP contribution >= 0.6 is 0 Å². The van der Waals surface area contributed by atoms with Crippen LogP contribution in [0.3, 0.4) is 0 Å². The van der Waals surface area contributed by atoms with Gasteiger partial charge in [0.2, 0.25) is 0 Å². The van der Waals surface area contributed by atoms with Crippen LogP contribution in [0.1, 0.15) is 64.7 Å². The number of nitrogens with zero attached hydrogens (tertiary/aromatic N) is 1. The molecule has 2 heteroatoms. The topological polar surface area (TPSA) is 23.5 Å². The first-order valence-electron chi connectivity index (χ1n) is 7.73. The number of aliphatic hydroxyl groups is 1. The van der Waals surface area contributed by atoms with Crippen molar-refractivity contribution in [2.75, 3.05) is 13.1 Å². The first-order chi connectivity index (χ1) is 8.31. The monoisotopic (exact) mass is 239 g/mol. The van der Waals surface area contributed by atoms with Crippen molar-refractivity contribution in [3.05, 3.63) is 0 Å². The smallest absolute Gasteiger partial charge is 0.0695 e. The molecule has 0 bridgehead atoms. The summed E-state index contributed by atoms with van der Waals surface area (Å²) >= 11 is 0. The van der Waals surface area contributed by atoms with Gasteiger partial charge in [-0.15, -0.1) is 0 Å². The fourth-order valence-corrected chi connectivity index (χ4v) is 3.71. The van der Waals surface area contributed by atoms with E-state index in [1.807, 2.05) is 0 Å². The fraction of sp³-hybridized carbons (Fsp3) is 1.00. The molecule has 100 valence electrons. The van der Waals surface area contributed by atoms with Gasteiger partial charge in [0.1, 0.15) is 0 Å². The summed E-state index contributed by atoms with van der Waals surface area (Å²) in [6.45, 7) is 4.27. The van der Waals surface area contributed by atoms with Crippen molar-refractivity contribution in [1.29, 1.82) is 0 Å². The molecule has 0 heterocycles. The highest BCUT2D eigenvalue weighted by atomic mass is 16.3. The second kappa shape index (κ2) is 6.75. The molecule has 1 unspecified atom stereocenters. The maximum atomic E-state index is 10.3. The Kier molecular flexibility index (Phi) is 5.30. The summed E-state index contributed by atoms with van der Waals surface area (Å²) in [5.41, 5.74) is 0. The normalized spacial score (nSPS) is 25.6. The van der Waals surface area contributed by atoms with E-state index in [0.717, 1.165) is 19.1 Å². The molecule has 0 amide bonds. The van der Waals surface area contributed by atoms with Crippen molar-refractivity contribution in [2.24, 2.45) is 5.92 Å². The second-order valence-corrected chi connectivity index (χ2v) is 5.99. The Morgan fingerprint density at radius 3 is 2.18 bits per heavy atom. The molecule has 0 spiro atoms. The molecule has 2 nitrogen and oxygen atoms in total. The Morgan fingerprint density at radius 2 is 1.59 bits per heavy atom. The van der Waals surface area contributed by atoms with Crippen LogP contribution in [0.2, 0.25) is 0 Å². The lowest BCUT2D eigenvalue weighted by molar-refractivity contribution is 0.0424. The summed E-state index contributed by atoms with van der Waals surface area (Å²) in [5.74, 6) is 0.590. The molecule has 0 aromatic carbocycles. The van der Waals surface area contributed by atoms with Gasteiger partial charge in [-0.2, -0.15) is 0 Å². The molecule has 2 aliphatic rings. The SMILES string of the molecule is CCN(CC(O)C1CCCC1)C1CCCCC1. The maximum absolute atomic E-state index is 10.3. The van der Waals surface area contributed by atoms with E-state index in [-0.39, 0.29) is 6.10 Å². The molecule has 0 saturated heterocycles. The first-order valence-corrected chi connectivity index (χ1v) is 7.73. The third kappa shape index (κ3) is 3.69. The molecular formula is C15H29NO. The molecule has 2 aliphatic carbocycles. The predicted octanol–water partition coefficient (Wildman–Crippen LogP) is 3.19. The van der Waals surface area contributed by atoms with Crippen LogP contribution in [0.4, 0.5) is 0 Å². The van der Waals surface area contributed by atoms with Gasteiger partial charge in [-0.1, -0.05) is 39.0 Å². The Balaban J connectivity index is 1.80. The van der Waals surface area contributed by atoms with Gasteiger partial charge in [0, 0.05) is 12.6 Å². The minimum atomic E-state index is -0.0700. The number of hydrogen-bond donors (Lipinski definition) is 1. The summed E-state index contributed by atoms with van der Waals surface area (Å²) in [5, 5.41) is 10.3. The summed E-state index contributed by atoms with van der Waals surface area (Å²) in [6, 6.07) is 0.754. The molecule has 17 heavy (non-hydrogen) atoms. The summed E-state index contributed by atoms with van der Waals surface area (Å²) < 4.78 is 0. The Labute approximate surface area is 106 Å². The Hall–Kier alpha value is -0.0800. The predicted molar refractivity (Wildman–Crippen MR) is 72.1 cm³/mol. The van der Waals surface area contributed by atoms with Crippen LogP contribution in [-0.2, 0) is 0 Å². The van der Waals surface area contributed by atoms with Crippen LogP contribution in [0.15, 0.2) is 0 Å². The average Bonchev–Trinajstić information content (AvgIpc) is 2.90. The average molecular weight is 239 g/mol. The van der Waals surface area contributed by atoms with Gasteiger partial charge >= 0.3 is 0 Å². The lowest BCUT2D eigenvalue weighted by atomic mass is 9.93. The second-order valence-electron chi connectivity index (χ2n) is 5.99. The van der Waals surface area contributed by atoms with E-state index in [1.54, 1.807) is 0 Å². The molecule has 2 fully saturated rings. The molecule has 1 N–H and O–H groups in total. The van der Waals surface area contributed by atoms with Gasteiger partial charge in [-0.05, 0) is 38.1 Å². The minimum absolute atomic E-state index is 0.0700. The van der Waals surface area contributed by atoms with Gasteiger partial charge in [0.25, 0.3) is 0 Å². The van der Waals surface area contributed by atoms with E-state index in [1.165, 1.54) is 57.8 Å². The van der Waals surface area contributed by atoms with Gasteiger partial charge in [-0.25, -0.2) is 0 Å². The third-order valence-electron chi connectivity index (χ3n) is 4.86. The molecule has 2 saturated carbocycles. The maximum Gasteiger partial charge on any atom is 0.0695 e. The zero-order chi connectivity index (χ0) is 12.1. The largest absolute Gasteiger partial charge is 0.392 e. The molecule has 0 radical (unpaired) electrons. The van der Waals surface area contributed by atoms with Crippen LogP contribution in [-0.4, -0.2) is 35.2 Å². The fourth-order valence-electron chi connectivity index (χ4n) is 3.71. The zero-order valence-electron chi connectivity index (χ0n) is 11.4. The van der Waals surface area contributed by atoms with E-state index in [9.17, 15) is 5.11 Å². The van der Waals surface area contributed by atoms with Crippen molar-refractivity contribution in [2.45, 2.75) is 76.9 Å². The van der Waals surface area contributed by atoms with Crippen LogP contribution in [0, 0.1) is 5.92 Å². The van der Waals surface area contributed by atoms with Gasteiger partial charge < -0.3 is 5.11 Å². The van der Waals surface area contributed by atoms with Crippen molar-refractivity contribution in [3.8, 4) is 0 Å². The van der Waals surface area contributed by atoms with E-state index in [0.29, 0.717) is 5.92 Å². The van der Waals surface area contributed by atoms with Crippen molar-refractivity contribution in [3.63, 3.8) is 0 Å². The zero-order valence-corrected chi connectivity index (χ0v) is 11.4. The first kappa shape index (κ1) is 13.4. The highest BCUT2D eigenvalue weighted by molar-refractivity contribution is 4.81. The Bertz CT molecular complexity index is 207. The number of rotatable bonds is 5. The van der Waals surface area contributed by atoms with E-state index < -0.39 is 0 Å². The number of likely N-dealkylation sites (N-methyl/N-ethyl adjacent to an activating group) is 1. The summed E-state index contributed by atoms with van der Waals surface area (Å²) in [6.07, 6.45) is 12.0. The van der Waals surface area contributed by atoms with E-state index >= 15 is 0 Å². The minimum Gasteiger partial charge on any atom is -0.392 e. The highest BCUT2D eigenvalue weighted by Gasteiger charge is 2.27. The molecule has 0 aromatic rings. The molecule has 0 aliphatic heterocycles. The molecular weight excluding hydrogens is 210 g/mol. The van der Waals surface area contributed by atoms with Crippen molar-refractivity contribution in [1.82, 2.24) is 4.90 Å². The van der Waals surface area contributed by atoms with Gasteiger partial charge in [0.15, 0.2) is 0 Å².